The molecule has 2 rings (SSSR count). The minimum Gasteiger partial charge on any atom is -0.342 e. The average molecular weight is 269 g/mol. The molecular weight excluding hydrogens is 250 g/mol. The second-order valence-corrected chi connectivity index (χ2v) is 5.26. The summed E-state index contributed by atoms with van der Waals surface area (Å²) in [4.78, 5) is 0. The van der Waals surface area contributed by atoms with Crippen molar-refractivity contribution in [1.82, 2.24) is 0 Å². The lowest BCUT2D eigenvalue weighted by Crippen LogP contribution is -2.24. The van der Waals surface area contributed by atoms with Gasteiger partial charge in [0, 0.05) is 0 Å². The van der Waals surface area contributed by atoms with Crippen molar-refractivity contribution in [3.8, 4) is 0 Å². The summed E-state index contributed by atoms with van der Waals surface area (Å²) in [6, 6.07) is 8.15. The SMILES string of the molecule is Cc1ccccc1C1OC(C)(C)OC1COSN. The topological polar surface area (TPSA) is 53.7 Å². The van der Waals surface area contributed by atoms with Gasteiger partial charge in [-0.3, -0.25) is 9.32 Å². The average Bonchev–Trinajstić information content (AvgIpc) is 2.62. The van der Waals surface area contributed by atoms with Gasteiger partial charge in [-0.15, -0.1) is 0 Å². The van der Waals surface area contributed by atoms with Gasteiger partial charge in [-0.05, 0) is 31.9 Å². The van der Waals surface area contributed by atoms with Crippen LogP contribution in [0, 0.1) is 6.92 Å². The Bertz CT molecular complexity index is 411. The van der Waals surface area contributed by atoms with E-state index in [-0.39, 0.29) is 12.2 Å². The van der Waals surface area contributed by atoms with Crippen LogP contribution in [0.15, 0.2) is 24.3 Å². The molecule has 0 radical (unpaired) electrons. The van der Waals surface area contributed by atoms with Gasteiger partial charge in [0.15, 0.2) is 5.79 Å². The lowest BCUT2D eigenvalue weighted by Gasteiger charge is -2.18. The molecule has 0 spiro atoms. The molecule has 2 atom stereocenters. The molecule has 1 saturated heterocycles. The number of hydrogen-bond acceptors (Lipinski definition) is 5. The van der Waals surface area contributed by atoms with Crippen LogP contribution in [0.3, 0.4) is 0 Å². The van der Waals surface area contributed by atoms with Crippen molar-refractivity contribution in [3.05, 3.63) is 35.4 Å². The van der Waals surface area contributed by atoms with Crippen LogP contribution in [0.2, 0.25) is 0 Å². The van der Waals surface area contributed by atoms with Crippen LogP contribution in [-0.4, -0.2) is 18.5 Å². The van der Waals surface area contributed by atoms with Gasteiger partial charge in [-0.2, -0.15) is 0 Å². The van der Waals surface area contributed by atoms with Crippen molar-refractivity contribution in [3.63, 3.8) is 0 Å². The largest absolute Gasteiger partial charge is 0.342 e. The van der Waals surface area contributed by atoms with E-state index in [0.29, 0.717) is 6.61 Å². The number of benzene rings is 1. The fourth-order valence-corrected chi connectivity index (χ4v) is 2.45. The highest BCUT2D eigenvalue weighted by Gasteiger charge is 2.42. The summed E-state index contributed by atoms with van der Waals surface area (Å²) >= 11 is 0.854. The van der Waals surface area contributed by atoms with E-state index in [4.69, 9.17) is 18.8 Å². The third-order valence-electron chi connectivity index (χ3n) is 2.98. The van der Waals surface area contributed by atoms with E-state index in [9.17, 15) is 0 Å². The molecule has 0 aliphatic carbocycles. The van der Waals surface area contributed by atoms with E-state index >= 15 is 0 Å². The van der Waals surface area contributed by atoms with Gasteiger partial charge in [0.2, 0.25) is 0 Å². The third kappa shape index (κ3) is 3.05. The Morgan fingerprint density at radius 1 is 1.33 bits per heavy atom. The second kappa shape index (κ2) is 5.59. The third-order valence-corrected chi connectivity index (χ3v) is 3.25. The van der Waals surface area contributed by atoms with Gasteiger partial charge in [-0.25, -0.2) is 0 Å². The molecule has 4 nitrogen and oxygen atoms in total. The van der Waals surface area contributed by atoms with E-state index < -0.39 is 5.79 Å². The Morgan fingerprint density at radius 2 is 2.06 bits per heavy atom. The van der Waals surface area contributed by atoms with Crippen LogP contribution < -0.4 is 5.14 Å². The maximum absolute atomic E-state index is 5.97. The lowest BCUT2D eigenvalue weighted by molar-refractivity contribution is -0.148. The van der Waals surface area contributed by atoms with Crippen molar-refractivity contribution < 1.29 is 13.7 Å². The van der Waals surface area contributed by atoms with Crippen molar-refractivity contribution in [2.75, 3.05) is 6.61 Å². The van der Waals surface area contributed by atoms with Gasteiger partial charge >= 0.3 is 0 Å². The monoisotopic (exact) mass is 269 g/mol. The molecule has 0 bridgehead atoms. The first kappa shape index (κ1) is 13.8. The van der Waals surface area contributed by atoms with Crippen LogP contribution in [0.25, 0.3) is 0 Å². The molecule has 1 aromatic carbocycles. The number of rotatable bonds is 4. The first-order valence-corrected chi connectivity index (χ1v) is 6.73. The molecule has 1 aromatic rings. The number of aryl methyl sites for hydroxylation is 1. The van der Waals surface area contributed by atoms with Crippen LogP contribution >= 0.6 is 12.2 Å². The maximum Gasteiger partial charge on any atom is 0.164 e. The maximum atomic E-state index is 5.97. The van der Waals surface area contributed by atoms with Crippen LogP contribution in [0.4, 0.5) is 0 Å². The molecule has 1 heterocycles. The smallest absolute Gasteiger partial charge is 0.164 e. The Balaban J connectivity index is 2.21. The van der Waals surface area contributed by atoms with Gasteiger partial charge in [0.05, 0.1) is 18.8 Å². The van der Waals surface area contributed by atoms with E-state index in [1.807, 2.05) is 26.0 Å². The highest BCUT2D eigenvalue weighted by Crippen LogP contribution is 2.39. The van der Waals surface area contributed by atoms with Crippen molar-refractivity contribution in [2.45, 2.75) is 38.8 Å². The minimum atomic E-state index is -0.597. The molecule has 5 heteroatoms. The fourth-order valence-electron chi connectivity index (χ4n) is 2.23. The van der Waals surface area contributed by atoms with Gasteiger partial charge in [0.1, 0.15) is 12.2 Å². The standard InChI is InChI=1S/C13H19NO3S/c1-9-6-4-5-7-10(9)12-11(8-15-18-14)16-13(2,3)17-12/h4-7,11-12H,8,14H2,1-3H3. The fraction of sp³-hybridized carbons (Fsp3) is 0.538. The molecular formula is C13H19NO3S. The molecule has 0 amide bonds. The summed E-state index contributed by atoms with van der Waals surface area (Å²) in [6.45, 7) is 6.30. The van der Waals surface area contributed by atoms with E-state index in [2.05, 4.69) is 19.1 Å². The Labute approximate surface area is 112 Å². The Kier molecular flexibility index (Phi) is 4.29. The molecule has 0 saturated carbocycles. The van der Waals surface area contributed by atoms with Gasteiger partial charge in [0.25, 0.3) is 0 Å². The predicted molar refractivity (Wildman–Crippen MR) is 71.7 cm³/mol. The highest BCUT2D eigenvalue weighted by molar-refractivity contribution is 7.92. The molecule has 0 aromatic heterocycles. The summed E-state index contributed by atoms with van der Waals surface area (Å²) < 4.78 is 17.0. The minimum absolute atomic E-state index is 0.117. The van der Waals surface area contributed by atoms with Crippen LogP contribution in [-0.2, 0) is 13.7 Å². The van der Waals surface area contributed by atoms with Crippen molar-refractivity contribution in [2.24, 2.45) is 5.14 Å². The quantitative estimate of drug-likeness (QED) is 0.673. The van der Waals surface area contributed by atoms with Crippen molar-refractivity contribution >= 4 is 12.2 Å². The second-order valence-electron chi connectivity index (χ2n) is 4.83. The first-order valence-electron chi connectivity index (χ1n) is 5.93. The summed E-state index contributed by atoms with van der Waals surface area (Å²) in [7, 11) is 0. The van der Waals surface area contributed by atoms with Crippen LogP contribution in [0.5, 0.6) is 0 Å². The summed E-state index contributed by atoms with van der Waals surface area (Å²) in [5, 5.41) is 5.29. The number of hydrogen-bond donors (Lipinski definition) is 1. The molecule has 1 aliphatic heterocycles. The normalized spacial score (nSPS) is 26.4. The van der Waals surface area contributed by atoms with E-state index in [1.165, 1.54) is 5.56 Å². The molecule has 1 fully saturated rings. The Morgan fingerprint density at radius 3 is 2.72 bits per heavy atom. The molecule has 18 heavy (non-hydrogen) atoms. The van der Waals surface area contributed by atoms with Gasteiger partial charge < -0.3 is 9.47 Å². The Hall–Kier alpha value is -0.590. The first-order chi connectivity index (χ1) is 8.53. The number of nitrogens with two attached hydrogens (primary N) is 1. The predicted octanol–water partition coefficient (Wildman–Crippen LogP) is 2.73. The summed E-state index contributed by atoms with van der Waals surface area (Å²) in [5.41, 5.74) is 2.33. The van der Waals surface area contributed by atoms with Crippen molar-refractivity contribution in [1.29, 1.82) is 0 Å². The summed E-state index contributed by atoms with van der Waals surface area (Å²) in [6.07, 6.45) is -0.259. The molecule has 2 N–H and O–H groups in total. The molecule has 2 unspecified atom stereocenters. The zero-order chi connectivity index (χ0) is 13.2. The summed E-state index contributed by atoms with van der Waals surface area (Å²) in [5.74, 6) is -0.597. The van der Waals surface area contributed by atoms with Crippen LogP contribution in [0.1, 0.15) is 31.1 Å². The zero-order valence-electron chi connectivity index (χ0n) is 10.9. The molecule has 100 valence electrons. The van der Waals surface area contributed by atoms with E-state index in [0.717, 1.165) is 17.8 Å². The zero-order valence-corrected chi connectivity index (χ0v) is 11.7. The lowest BCUT2D eigenvalue weighted by atomic mass is 10.00. The van der Waals surface area contributed by atoms with Gasteiger partial charge in [-0.1, -0.05) is 24.3 Å². The highest BCUT2D eigenvalue weighted by atomic mass is 32.2. The molecule has 1 aliphatic rings. The van der Waals surface area contributed by atoms with E-state index in [1.54, 1.807) is 0 Å². The number of ether oxygens (including phenoxy) is 2.